The summed E-state index contributed by atoms with van der Waals surface area (Å²) >= 11 is 5.45. The molecule has 0 saturated heterocycles. The highest BCUT2D eigenvalue weighted by Crippen LogP contribution is 2.12. The summed E-state index contributed by atoms with van der Waals surface area (Å²) in [6, 6.07) is 0.124. The van der Waals surface area contributed by atoms with Crippen molar-refractivity contribution in [3.05, 3.63) is 35.9 Å². The Morgan fingerprint density at radius 1 is 1.65 bits per heavy atom. The van der Waals surface area contributed by atoms with Crippen LogP contribution < -0.4 is 5.32 Å². The summed E-state index contributed by atoms with van der Waals surface area (Å²) in [5.41, 5.74) is 0. The fourth-order valence-corrected chi connectivity index (χ4v) is 0.885. The van der Waals surface area contributed by atoms with Gasteiger partial charge in [-0.25, -0.2) is 4.39 Å². The normalized spacial score (nSPS) is 13.5. The van der Waals surface area contributed by atoms with Gasteiger partial charge in [-0.3, -0.25) is 4.79 Å². The van der Waals surface area contributed by atoms with E-state index in [1.54, 1.807) is 0 Å². The zero-order chi connectivity index (χ0) is 13.3. The highest BCUT2D eigenvalue weighted by molar-refractivity contribution is 6.31. The van der Waals surface area contributed by atoms with Gasteiger partial charge in [-0.05, 0) is 25.5 Å². The molecule has 1 N–H and O–H groups in total. The molecule has 0 rings (SSSR count). The van der Waals surface area contributed by atoms with Crippen molar-refractivity contribution in [3.8, 4) is 0 Å². The highest BCUT2D eigenvalue weighted by Gasteiger charge is 2.03. The molecular weight excluding hydrogens is 245 g/mol. The fraction of sp³-hybridized carbons (Fsp3) is 0.417. The van der Waals surface area contributed by atoms with Gasteiger partial charge in [0.1, 0.15) is 5.83 Å². The van der Waals surface area contributed by atoms with E-state index >= 15 is 0 Å². The largest absolute Gasteiger partial charge is 0.491 e. The topological polar surface area (TPSA) is 38.3 Å². The first-order chi connectivity index (χ1) is 7.97. The van der Waals surface area contributed by atoms with E-state index in [1.165, 1.54) is 18.4 Å². The van der Waals surface area contributed by atoms with Gasteiger partial charge in [0.25, 0.3) is 5.91 Å². The minimum Gasteiger partial charge on any atom is -0.491 e. The Morgan fingerprint density at radius 2 is 2.29 bits per heavy atom. The van der Waals surface area contributed by atoms with Crippen LogP contribution in [-0.4, -0.2) is 18.6 Å². The lowest BCUT2D eigenvalue weighted by molar-refractivity contribution is -0.124. The van der Waals surface area contributed by atoms with Crippen molar-refractivity contribution in [2.75, 3.05) is 6.61 Å². The van der Waals surface area contributed by atoms with Gasteiger partial charge in [-0.2, -0.15) is 0 Å². The van der Waals surface area contributed by atoms with Gasteiger partial charge in [-0.15, -0.1) is 0 Å². The third kappa shape index (κ3) is 8.51. The molecule has 3 nitrogen and oxygen atoms in total. The van der Waals surface area contributed by atoms with E-state index in [9.17, 15) is 9.18 Å². The molecule has 0 aliphatic carbocycles. The van der Waals surface area contributed by atoms with Crippen LogP contribution in [0.2, 0.25) is 0 Å². The zero-order valence-electron chi connectivity index (χ0n) is 10.0. The van der Waals surface area contributed by atoms with Gasteiger partial charge in [-0.1, -0.05) is 25.1 Å². The molecule has 0 aliphatic heterocycles. The molecule has 0 aromatic carbocycles. The van der Waals surface area contributed by atoms with Crippen molar-refractivity contribution in [2.24, 2.45) is 0 Å². The van der Waals surface area contributed by atoms with Gasteiger partial charge in [0.2, 0.25) is 0 Å². The number of amides is 1. The number of halogens is 2. The molecule has 0 aromatic heterocycles. The second-order valence-corrected chi connectivity index (χ2v) is 3.84. The average Bonchev–Trinajstić information content (AvgIpc) is 2.27. The van der Waals surface area contributed by atoms with Crippen LogP contribution in [0, 0.1) is 0 Å². The van der Waals surface area contributed by atoms with E-state index < -0.39 is 5.83 Å². The Kier molecular flexibility index (Phi) is 8.15. The van der Waals surface area contributed by atoms with Gasteiger partial charge in [0.15, 0.2) is 6.61 Å². The van der Waals surface area contributed by atoms with Crippen molar-refractivity contribution in [3.63, 3.8) is 0 Å². The molecule has 0 heterocycles. The smallest absolute Gasteiger partial charge is 0.258 e. The third-order valence-electron chi connectivity index (χ3n) is 1.91. The van der Waals surface area contributed by atoms with Gasteiger partial charge in [0.05, 0.1) is 11.3 Å². The van der Waals surface area contributed by atoms with Crippen LogP contribution in [0.1, 0.15) is 20.3 Å². The molecule has 0 aliphatic rings. The van der Waals surface area contributed by atoms with Crippen LogP contribution in [0.3, 0.4) is 0 Å². The molecule has 1 unspecified atom stereocenters. The molecule has 1 amide bonds. The summed E-state index contributed by atoms with van der Waals surface area (Å²) in [6.07, 6.45) is 4.81. The number of hydrogen-bond acceptors (Lipinski definition) is 2. The Labute approximate surface area is 106 Å². The van der Waals surface area contributed by atoms with Crippen molar-refractivity contribution in [1.82, 2.24) is 5.32 Å². The summed E-state index contributed by atoms with van der Waals surface area (Å²) in [5, 5.41) is 2.63. The number of nitrogens with one attached hydrogen (secondary N) is 1. The van der Waals surface area contributed by atoms with Crippen LogP contribution in [0.4, 0.5) is 4.39 Å². The van der Waals surface area contributed by atoms with Crippen LogP contribution in [0.5, 0.6) is 0 Å². The van der Waals surface area contributed by atoms with Gasteiger partial charge in [0, 0.05) is 6.04 Å². The highest BCUT2D eigenvalue weighted by atomic mass is 35.5. The standard InChI is InChI=1S/C12H17ClFNO2/c1-4-9(2)15-12(16)8-17-7-5-6-11(13)10(3)14/h5-7,9H,3-4,8H2,1-2H3,(H,15,16)/b7-5+,11-6+. The minimum absolute atomic E-state index is 0.0805. The van der Waals surface area contributed by atoms with Crippen LogP contribution >= 0.6 is 11.6 Å². The van der Waals surface area contributed by atoms with Crippen molar-refractivity contribution < 1.29 is 13.9 Å². The first-order valence-electron chi connectivity index (χ1n) is 5.25. The summed E-state index contributed by atoms with van der Waals surface area (Å²) < 4.78 is 17.3. The number of hydrogen-bond donors (Lipinski definition) is 1. The first kappa shape index (κ1) is 15.7. The first-order valence-corrected chi connectivity index (χ1v) is 5.63. The lowest BCUT2D eigenvalue weighted by Crippen LogP contribution is -2.34. The maximum absolute atomic E-state index is 12.4. The zero-order valence-corrected chi connectivity index (χ0v) is 10.8. The van der Waals surface area contributed by atoms with Crippen molar-refractivity contribution in [1.29, 1.82) is 0 Å². The molecule has 0 aromatic rings. The van der Waals surface area contributed by atoms with E-state index in [-0.39, 0.29) is 23.6 Å². The van der Waals surface area contributed by atoms with Crippen LogP contribution in [0.25, 0.3) is 0 Å². The molecule has 0 saturated carbocycles. The van der Waals surface area contributed by atoms with Gasteiger partial charge < -0.3 is 10.1 Å². The molecule has 17 heavy (non-hydrogen) atoms. The van der Waals surface area contributed by atoms with E-state index in [1.807, 2.05) is 13.8 Å². The van der Waals surface area contributed by atoms with Crippen LogP contribution in [0.15, 0.2) is 35.9 Å². The third-order valence-corrected chi connectivity index (χ3v) is 2.24. The number of rotatable bonds is 7. The maximum Gasteiger partial charge on any atom is 0.258 e. The number of allylic oxidation sites excluding steroid dienone is 4. The number of carbonyl (C=O) groups is 1. The SMILES string of the molecule is C=C(F)/C(Cl)=C\C=C\OCC(=O)NC(C)CC. The molecule has 1 atom stereocenters. The van der Waals surface area contributed by atoms with E-state index in [4.69, 9.17) is 16.3 Å². The fourth-order valence-electron chi connectivity index (χ4n) is 0.812. The van der Waals surface area contributed by atoms with Crippen LogP contribution in [-0.2, 0) is 9.53 Å². The van der Waals surface area contributed by atoms with E-state index in [0.29, 0.717) is 0 Å². The second kappa shape index (κ2) is 8.82. The molecule has 0 radical (unpaired) electrons. The monoisotopic (exact) mass is 261 g/mol. The number of carbonyl (C=O) groups excluding carboxylic acids is 1. The Morgan fingerprint density at radius 3 is 2.82 bits per heavy atom. The minimum atomic E-state index is -0.717. The Bertz CT molecular complexity index is 326. The lowest BCUT2D eigenvalue weighted by Gasteiger charge is -2.10. The summed E-state index contributed by atoms with van der Waals surface area (Å²) in [6.45, 7) is 6.82. The molecule has 0 spiro atoms. The summed E-state index contributed by atoms with van der Waals surface area (Å²) in [7, 11) is 0. The van der Waals surface area contributed by atoms with Gasteiger partial charge >= 0.3 is 0 Å². The summed E-state index contributed by atoms with van der Waals surface area (Å²) in [5.74, 6) is -0.917. The second-order valence-electron chi connectivity index (χ2n) is 3.44. The Balaban J connectivity index is 3.84. The quantitative estimate of drug-likeness (QED) is 0.565. The molecule has 0 fully saturated rings. The Hall–Kier alpha value is -1.29. The molecule has 5 heteroatoms. The maximum atomic E-state index is 12.4. The van der Waals surface area contributed by atoms with Crippen molar-refractivity contribution >= 4 is 17.5 Å². The van der Waals surface area contributed by atoms with E-state index in [2.05, 4.69) is 11.9 Å². The van der Waals surface area contributed by atoms with E-state index in [0.717, 1.165) is 6.42 Å². The average molecular weight is 262 g/mol. The molecular formula is C12H17ClFNO2. The predicted octanol–water partition coefficient (Wildman–Crippen LogP) is 3.04. The molecule has 96 valence electrons. The number of ether oxygens (including phenoxy) is 1. The van der Waals surface area contributed by atoms with Crippen molar-refractivity contribution in [2.45, 2.75) is 26.3 Å². The molecule has 0 bridgehead atoms. The lowest BCUT2D eigenvalue weighted by atomic mass is 10.2. The summed E-state index contributed by atoms with van der Waals surface area (Å²) in [4.78, 5) is 11.2. The predicted molar refractivity (Wildman–Crippen MR) is 67.2 cm³/mol.